The topological polar surface area (TPSA) is 18.5 Å². The number of nitrogens with one attached hydrogen (secondary N) is 1. The fourth-order valence-electron chi connectivity index (χ4n) is 3.70. The Morgan fingerprint density at radius 2 is 1.52 bits per heavy atom. The molecule has 1 atom stereocenters. The molecule has 0 amide bonds. The summed E-state index contributed by atoms with van der Waals surface area (Å²) in [6.45, 7) is 16.7. The summed E-state index contributed by atoms with van der Waals surface area (Å²) in [5.74, 6) is 1.99. The van der Waals surface area contributed by atoms with Crippen LogP contribution in [-0.4, -0.2) is 66.9 Å². The number of hydrogen-bond acceptors (Lipinski definition) is 4. The third kappa shape index (κ3) is 9.98. The summed E-state index contributed by atoms with van der Waals surface area (Å²) in [4.78, 5) is 6.71. The smallest absolute Gasteiger partial charge is 0.0176 e. The summed E-state index contributed by atoms with van der Waals surface area (Å²) in [6.07, 6.45) is 3.96. The van der Waals surface area contributed by atoms with Crippen LogP contribution < -0.4 is 5.32 Å². The van der Waals surface area contributed by atoms with Gasteiger partial charge in [-0.2, -0.15) is 0 Å². The number of nitrogens with zero attached hydrogens (tertiary/aromatic N) is 2. The highest BCUT2D eigenvalue weighted by Crippen LogP contribution is 2.19. The van der Waals surface area contributed by atoms with Crippen LogP contribution >= 0.6 is 11.8 Å². The lowest BCUT2D eigenvalue weighted by molar-refractivity contribution is 0.126. The quantitative estimate of drug-likeness (QED) is 0.525. The molecule has 0 radical (unpaired) electrons. The van der Waals surface area contributed by atoms with E-state index < -0.39 is 0 Å². The van der Waals surface area contributed by atoms with Gasteiger partial charge in [-0.3, -0.25) is 0 Å². The lowest BCUT2D eigenvalue weighted by Crippen LogP contribution is -2.48. The van der Waals surface area contributed by atoms with Gasteiger partial charge in [-0.15, -0.1) is 11.8 Å². The van der Waals surface area contributed by atoms with Crippen molar-refractivity contribution in [3.63, 3.8) is 0 Å². The second kappa shape index (κ2) is 12.8. The summed E-state index contributed by atoms with van der Waals surface area (Å²) in [6, 6.07) is 11.9. The van der Waals surface area contributed by atoms with Crippen LogP contribution in [0.2, 0.25) is 0 Å². The van der Waals surface area contributed by atoms with Gasteiger partial charge in [0.25, 0.3) is 0 Å². The molecule has 1 fully saturated rings. The molecule has 1 aromatic carbocycles. The Morgan fingerprint density at radius 1 is 0.889 bits per heavy atom. The van der Waals surface area contributed by atoms with Crippen molar-refractivity contribution in [1.29, 1.82) is 0 Å². The van der Waals surface area contributed by atoms with E-state index in [1.165, 1.54) is 63.4 Å². The predicted octanol–water partition coefficient (Wildman–Crippen LogP) is 4.59. The van der Waals surface area contributed by atoms with E-state index >= 15 is 0 Å². The second-order valence-corrected chi connectivity index (χ2v) is 9.74. The van der Waals surface area contributed by atoms with Gasteiger partial charge >= 0.3 is 0 Å². The van der Waals surface area contributed by atoms with Crippen molar-refractivity contribution < 1.29 is 0 Å². The van der Waals surface area contributed by atoms with Gasteiger partial charge in [0, 0.05) is 48.9 Å². The van der Waals surface area contributed by atoms with E-state index in [1.54, 1.807) is 0 Å². The number of benzene rings is 1. The van der Waals surface area contributed by atoms with Gasteiger partial charge in [-0.05, 0) is 50.4 Å². The Bertz CT molecular complexity index is 484. The standard InChI is InChI=1S/C23H41N3S/c1-20(2)9-8-13-25-15-17-26(18-16-25)14-12-22(24-21(3)4)19-27-23-10-6-5-7-11-23/h5-7,10-11,20-22,24H,8-9,12-19H2,1-4H3/t22-/m1/s1. The molecule has 0 aromatic heterocycles. The molecule has 0 saturated carbocycles. The fraction of sp³-hybridized carbons (Fsp3) is 0.739. The van der Waals surface area contributed by atoms with Gasteiger partial charge in [0.2, 0.25) is 0 Å². The summed E-state index contributed by atoms with van der Waals surface area (Å²) in [5.41, 5.74) is 0. The molecule has 1 heterocycles. The van der Waals surface area contributed by atoms with Crippen LogP contribution in [0.25, 0.3) is 0 Å². The van der Waals surface area contributed by atoms with Gasteiger partial charge in [0.15, 0.2) is 0 Å². The van der Waals surface area contributed by atoms with Gasteiger partial charge in [0.05, 0.1) is 0 Å². The van der Waals surface area contributed by atoms with Gasteiger partial charge < -0.3 is 15.1 Å². The number of hydrogen-bond donors (Lipinski definition) is 1. The second-order valence-electron chi connectivity index (χ2n) is 8.65. The molecule has 1 aromatic rings. The minimum atomic E-state index is 0.546. The van der Waals surface area contributed by atoms with E-state index in [1.807, 2.05) is 11.8 Å². The van der Waals surface area contributed by atoms with Gasteiger partial charge in [0.1, 0.15) is 0 Å². The Hall–Kier alpha value is -0.550. The van der Waals surface area contributed by atoms with Crippen LogP contribution in [0, 0.1) is 5.92 Å². The van der Waals surface area contributed by atoms with Crippen LogP contribution in [0.1, 0.15) is 47.0 Å². The van der Waals surface area contributed by atoms with E-state index in [0.717, 1.165) is 11.7 Å². The Balaban J connectivity index is 1.67. The van der Waals surface area contributed by atoms with E-state index in [4.69, 9.17) is 0 Å². The van der Waals surface area contributed by atoms with Crippen LogP contribution in [0.5, 0.6) is 0 Å². The van der Waals surface area contributed by atoms with Crippen molar-refractivity contribution >= 4 is 11.8 Å². The van der Waals surface area contributed by atoms with Crippen molar-refractivity contribution in [2.75, 3.05) is 45.0 Å². The highest BCUT2D eigenvalue weighted by atomic mass is 32.2. The van der Waals surface area contributed by atoms with Crippen molar-refractivity contribution in [3.8, 4) is 0 Å². The van der Waals surface area contributed by atoms with Crippen molar-refractivity contribution in [2.24, 2.45) is 5.92 Å². The molecule has 154 valence electrons. The average Bonchev–Trinajstić information content (AvgIpc) is 2.65. The zero-order chi connectivity index (χ0) is 19.5. The first kappa shape index (κ1) is 22.7. The van der Waals surface area contributed by atoms with Crippen LogP contribution in [0.3, 0.4) is 0 Å². The third-order valence-corrected chi connectivity index (χ3v) is 6.45. The monoisotopic (exact) mass is 391 g/mol. The highest BCUT2D eigenvalue weighted by Gasteiger charge is 2.18. The van der Waals surface area contributed by atoms with Crippen LogP contribution in [0.15, 0.2) is 35.2 Å². The van der Waals surface area contributed by atoms with Crippen LogP contribution in [0.4, 0.5) is 0 Å². The van der Waals surface area contributed by atoms with Gasteiger partial charge in [-0.1, -0.05) is 45.9 Å². The zero-order valence-corrected chi connectivity index (χ0v) is 18.8. The molecule has 0 spiro atoms. The first-order chi connectivity index (χ1) is 13.0. The molecule has 0 bridgehead atoms. The maximum absolute atomic E-state index is 3.78. The largest absolute Gasteiger partial charge is 0.311 e. The molecule has 1 saturated heterocycles. The van der Waals surface area contributed by atoms with E-state index in [0.29, 0.717) is 12.1 Å². The molecule has 1 aliphatic rings. The predicted molar refractivity (Wildman–Crippen MR) is 121 cm³/mol. The number of piperazine rings is 1. The Kier molecular flexibility index (Phi) is 10.8. The molecule has 1 aliphatic heterocycles. The normalized spacial score (nSPS) is 17.7. The molecule has 3 nitrogen and oxygen atoms in total. The summed E-state index contributed by atoms with van der Waals surface area (Å²) in [5, 5.41) is 3.78. The Morgan fingerprint density at radius 3 is 2.11 bits per heavy atom. The number of rotatable bonds is 12. The maximum Gasteiger partial charge on any atom is 0.0176 e. The van der Waals surface area contributed by atoms with Gasteiger partial charge in [-0.25, -0.2) is 0 Å². The molecule has 27 heavy (non-hydrogen) atoms. The minimum absolute atomic E-state index is 0.546. The first-order valence-corrected chi connectivity index (χ1v) is 11.9. The molecule has 1 N–H and O–H groups in total. The SMILES string of the molecule is CC(C)CCCN1CCN(CC[C@H](CSc2ccccc2)NC(C)C)CC1. The van der Waals surface area contributed by atoms with Crippen molar-refractivity contribution in [3.05, 3.63) is 30.3 Å². The molecule has 2 rings (SSSR count). The Labute approximate surface area is 172 Å². The molecular formula is C23H41N3S. The lowest BCUT2D eigenvalue weighted by atomic mass is 10.1. The molecular weight excluding hydrogens is 350 g/mol. The molecule has 4 heteroatoms. The zero-order valence-electron chi connectivity index (χ0n) is 18.0. The summed E-state index contributed by atoms with van der Waals surface area (Å²) in [7, 11) is 0. The van der Waals surface area contributed by atoms with Crippen molar-refractivity contribution in [1.82, 2.24) is 15.1 Å². The highest BCUT2D eigenvalue weighted by molar-refractivity contribution is 7.99. The molecule has 0 aliphatic carbocycles. The summed E-state index contributed by atoms with van der Waals surface area (Å²) < 4.78 is 0. The maximum atomic E-state index is 3.78. The lowest BCUT2D eigenvalue weighted by Gasteiger charge is -2.35. The number of thioether (sulfide) groups is 1. The average molecular weight is 392 g/mol. The van der Waals surface area contributed by atoms with E-state index in [-0.39, 0.29) is 0 Å². The van der Waals surface area contributed by atoms with Crippen molar-refractivity contribution in [2.45, 2.75) is 63.9 Å². The molecule has 0 unspecified atom stereocenters. The first-order valence-electron chi connectivity index (χ1n) is 10.9. The minimum Gasteiger partial charge on any atom is -0.311 e. The summed E-state index contributed by atoms with van der Waals surface area (Å²) >= 11 is 1.98. The van der Waals surface area contributed by atoms with E-state index in [9.17, 15) is 0 Å². The van der Waals surface area contributed by atoms with Crippen LogP contribution in [-0.2, 0) is 0 Å². The fourth-order valence-corrected chi connectivity index (χ4v) is 4.70. The van der Waals surface area contributed by atoms with E-state index in [2.05, 4.69) is 73.1 Å². The third-order valence-electron chi connectivity index (χ3n) is 5.28.